The fourth-order valence-electron chi connectivity index (χ4n) is 3.36. The quantitative estimate of drug-likeness (QED) is 0.700. The molecule has 7 heteroatoms. The molecule has 2 aromatic rings. The predicted molar refractivity (Wildman–Crippen MR) is 119 cm³/mol. The van der Waals surface area contributed by atoms with Gasteiger partial charge in [-0.25, -0.2) is 8.42 Å². The predicted octanol–water partition coefficient (Wildman–Crippen LogP) is 4.54. The first-order chi connectivity index (χ1) is 13.4. The van der Waals surface area contributed by atoms with Gasteiger partial charge in [-0.1, -0.05) is 31.5 Å². The van der Waals surface area contributed by atoms with Crippen molar-refractivity contribution in [3.05, 3.63) is 53.6 Å². The third-order valence-corrected chi connectivity index (χ3v) is 7.22. The summed E-state index contributed by atoms with van der Waals surface area (Å²) in [4.78, 5) is 0.343. The number of hydrogen-bond acceptors (Lipinski definition) is 3. The lowest BCUT2D eigenvalue weighted by atomic mass is 10.1. The molecule has 2 N–H and O–H groups in total. The average molecular weight is 418 g/mol. The van der Waals surface area contributed by atoms with Crippen molar-refractivity contribution >= 4 is 38.7 Å². The molecule has 0 atom stereocenters. The lowest BCUT2D eigenvalue weighted by molar-refractivity contribution is 0.346. The van der Waals surface area contributed by atoms with E-state index >= 15 is 0 Å². The number of nitrogens with zero attached hydrogens (tertiary/aromatic N) is 1. The van der Waals surface area contributed by atoms with Gasteiger partial charge in [0.05, 0.1) is 4.90 Å². The zero-order valence-electron chi connectivity index (χ0n) is 16.4. The SMILES string of the molecule is CCc1cccc(NC(=S)Nc2ccc(C)c(S(=O)(=O)N3CCCCC3)c2)c1. The van der Waals surface area contributed by atoms with E-state index in [4.69, 9.17) is 12.2 Å². The Balaban J connectivity index is 1.76. The van der Waals surface area contributed by atoms with Gasteiger partial charge in [-0.2, -0.15) is 4.31 Å². The molecule has 0 spiro atoms. The Kier molecular flexibility index (Phi) is 6.69. The van der Waals surface area contributed by atoms with Crippen molar-refractivity contribution in [3.63, 3.8) is 0 Å². The summed E-state index contributed by atoms with van der Waals surface area (Å²) in [6.45, 7) is 5.11. The van der Waals surface area contributed by atoms with Crippen LogP contribution in [0.25, 0.3) is 0 Å². The van der Waals surface area contributed by atoms with Gasteiger partial charge >= 0.3 is 0 Å². The van der Waals surface area contributed by atoms with Crippen molar-refractivity contribution in [3.8, 4) is 0 Å². The highest BCUT2D eigenvalue weighted by Gasteiger charge is 2.27. The van der Waals surface area contributed by atoms with E-state index in [2.05, 4.69) is 29.7 Å². The summed E-state index contributed by atoms with van der Waals surface area (Å²) in [5, 5.41) is 6.70. The maximum absolute atomic E-state index is 13.1. The van der Waals surface area contributed by atoms with Crippen molar-refractivity contribution in [2.45, 2.75) is 44.4 Å². The molecule has 0 unspecified atom stereocenters. The molecular weight excluding hydrogens is 390 g/mol. The Morgan fingerprint density at radius 1 is 1.04 bits per heavy atom. The number of hydrogen-bond donors (Lipinski definition) is 2. The number of rotatable bonds is 5. The van der Waals surface area contributed by atoms with Crippen molar-refractivity contribution in [1.29, 1.82) is 0 Å². The minimum absolute atomic E-state index is 0.343. The largest absolute Gasteiger partial charge is 0.332 e. The van der Waals surface area contributed by atoms with Crippen LogP contribution in [0.15, 0.2) is 47.4 Å². The maximum Gasteiger partial charge on any atom is 0.243 e. The lowest BCUT2D eigenvalue weighted by Gasteiger charge is -2.26. The van der Waals surface area contributed by atoms with Gasteiger partial charge in [0, 0.05) is 24.5 Å². The molecule has 5 nitrogen and oxygen atoms in total. The molecule has 0 aliphatic carbocycles. The van der Waals surface area contributed by atoms with Crippen LogP contribution in [0.1, 0.15) is 37.3 Å². The average Bonchev–Trinajstić information content (AvgIpc) is 2.70. The van der Waals surface area contributed by atoms with Gasteiger partial charge in [-0.05, 0) is 73.8 Å². The molecular formula is C21H27N3O2S2. The van der Waals surface area contributed by atoms with E-state index in [1.165, 1.54) is 5.56 Å². The van der Waals surface area contributed by atoms with Crippen LogP contribution < -0.4 is 10.6 Å². The molecule has 1 fully saturated rings. The normalized spacial score (nSPS) is 15.2. The maximum atomic E-state index is 13.1. The van der Waals surface area contributed by atoms with Gasteiger partial charge in [-0.15, -0.1) is 0 Å². The van der Waals surface area contributed by atoms with Crippen LogP contribution in [-0.4, -0.2) is 30.9 Å². The molecule has 2 aromatic carbocycles. The van der Waals surface area contributed by atoms with E-state index < -0.39 is 10.0 Å². The Labute approximate surface area is 173 Å². The van der Waals surface area contributed by atoms with E-state index in [-0.39, 0.29) is 0 Å². The number of sulfonamides is 1. The van der Waals surface area contributed by atoms with Crippen molar-refractivity contribution in [1.82, 2.24) is 4.31 Å². The second kappa shape index (κ2) is 9.03. The number of nitrogens with one attached hydrogen (secondary N) is 2. The highest BCUT2D eigenvalue weighted by Crippen LogP contribution is 2.26. The number of benzene rings is 2. The molecule has 0 aromatic heterocycles. The van der Waals surface area contributed by atoms with Crippen LogP contribution in [0.5, 0.6) is 0 Å². The third-order valence-electron chi connectivity index (χ3n) is 4.97. The molecule has 3 rings (SSSR count). The Bertz CT molecular complexity index is 952. The molecule has 28 heavy (non-hydrogen) atoms. The summed E-state index contributed by atoms with van der Waals surface area (Å²) < 4.78 is 27.7. The molecule has 0 radical (unpaired) electrons. The molecule has 1 aliphatic rings. The Morgan fingerprint density at radius 3 is 2.39 bits per heavy atom. The van der Waals surface area contributed by atoms with Crippen LogP contribution in [0, 0.1) is 6.92 Å². The van der Waals surface area contributed by atoms with Crippen LogP contribution in [0.4, 0.5) is 11.4 Å². The highest BCUT2D eigenvalue weighted by molar-refractivity contribution is 7.89. The van der Waals surface area contributed by atoms with Crippen molar-refractivity contribution in [2.24, 2.45) is 0 Å². The van der Waals surface area contributed by atoms with Gasteiger partial charge in [0.1, 0.15) is 0 Å². The van der Waals surface area contributed by atoms with E-state index in [1.807, 2.05) is 31.2 Å². The van der Waals surface area contributed by atoms with Crippen LogP contribution >= 0.6 is 12.2 Å². The summed E-state index contributed by atoms with van der Waals surface area (Å²) in [6.07, 6.45) is 3.87. The van der Waals surface area contributed by atoms with Crippen LogP contribution in [0.2, 0.25) is 0 Å². The number of aryl methyl sites for hydroxylation is 2. The van der Waals surface area contributed by atoms with Gasteiger partial charge in [0.15, 0.2) is 5.11 Å². The summed E-state index contributed by atoms with van der Waals surface area (Å²) in [7, 11) is -3.49. The molecule has 1 heterocycles. The van der Waals surface area contributed by atoms with Gasteiger partial charge in [0.25, 0.3) is 0 Å². The first kappa shape index (κ1) is 20.8. The van der Waals surface area contributed by atoms with E-state index in [0.717, 1.165) is 36.9 Å². The summed E-state index contributed by atoms with van der Waals surface area (Å²) in [5.41, 5.74) is 3.53. The van der Waals surface area contributed by atoms with E-state index in [0.29, 0.717) is 28.8 Å². The summed E-state index contributed by atoms with van der Waals surface area (Å²) in [5.74, 6) is 0. The van der Waals surface area contributed by atoms with Crippen molar-refractivity contribution < 1.29 is 8.42 Å². The summed E-state index contributed by atoms with van der Waals surface area (Å²) in [6, 6.07) is 13.4. The fraction of sp³-hybridized carbons (Fsp3) is 0.381. The lowest BCUT2D eigenvalue weighted by Crippen LogP contribution is -2.36. The number of anilines is 2. The summed E-state index contributed by atoms with van der Waals surface area (Å²) >= 11 is 5.41. The molecule has 0 saturated carbocycles. The van der Waals surface area contributed by atoms with E-state index in [9.17, 15) is 8.42 Å². The highest BCUT2D eigenvalue weighted by atomic mass is 32.2. The molecule has 1 saturated heterocycles. The molecule has 0 bridgehead atoms. The van der Waals surface area contributed by atoms with Crippen LogP contribution in [0.3, 0.4) is 0 Å². The first-order valence-electron chi connectivity index (χ1n) is 9.68. The number of piperidine rings is 1. The van der Waals surface area contributed by atoms with Crippen molar-refractivity contribution in [2.75, 3.05) is 23.7 Å². The molecule has 0 amide bonds. The van der Waals surface area contributed by atoms with Gasteiger partial charge in [-0.3, -0.25) is 0 Å². The number of thiocarbonyl (C=S) groups is 1. The first-order valence-corrected chi connectivity index (χ1v) is 11.5. The molecule has 1 aliphatic heterocycles. The second-order valence-electron chi connectivity index (χ2n) is 7.08. The topological polar surface area (TPSA) is 61.4 Å². The third kappa shape index (κ3) is 4.90. The Morgan fingerprint density at radius 2 is 1.71 bits per heavy atom. The standard InChI is InChI=1S/C21H27N3O2S2/c1-3-17-8-7-9-18(14-17)22-21(27)23-19-11-10-16(2)20(15-19)28(25,26)24-12-5-4-6-13-24/h7-11,14-15H,3-6,12-13H2,1-2H3,(H2,22,23,27). The monoisotopic (exact) mass is 417 g/mol. The van der Waals surface area contributed by atoms with E-state index in [1.54, 1.807) is 10.4 Å². The zero-order valence-corrected chi connectivity index (χ0v) is 18.0. The smallest absolute Gasteiger partial charge is 0.243 e. The van der Waals surface area contributed by atoms with Gasteiger partial charge in [0.2, 0.25) is 10.0 Å². The second-order valence-corrected chi connectivity index (χ2v) is 9.39. The fourth-order valence-corrected chi connectivity index (χ4v) is 5.37. The minimum Gasteiger partial charge on any atom is -0.332 e. The molecule has 150 valence electrons. The zero-order chi connectivity index (χ0) is 20.1. The Hall–Kier alpha value is -1.96. The minimum atomic E-state index is -3.49. The van der Waals surface area contributed by atoms with Crippen LogP contribution in [-0.2, 0) is 16.4 Å². The van der Waals surface area contributed by atoms with Gasteiger partial charge < -0.3 is 10.6 Å².